The zero-order chi connectivity index (χ0) is 13.5. The van der Waals surface area contributed by atoms with E-state index in [1.165, 1.54) is 12.1 Å². The Balaban J connectivity index is 2.55. The van der Waals surface area contributed by atoms with Crippen LogP contribution in [0.15, 0.2) is 22.7 Å². The minimum absolute atomic E-state index is 0.0857. The Bertz CT molecular complexity index is 412. The lowest BCUT2D eigenvalue weighted by Gasteiger charge is -2.11. The first-order chi connectivity index (χ1) is 8.54. The summed E-state index contributed by atoms with van der Waals surface area (Å²) < 4.78 is 18.7. The molecule has 1 rings (SSSR count). The summed E-state index contributed by atoms with van der Waals surface area (Å²) in [6.45, 7) is 0.588. The number of Topliss-reactive ketones (excluding diaryl/α,β-unsaturated/α-hetero) is 1. The Morgan fingerprint density at radius 3 is 2.94 bits per heavy atom. The standard InChI is InChI=1S/C13H17BrFNO2/c1-18-6-2-3-12(16)13(17)8-9-7-10(15)4-5-11(9)14/h4-5,7,12H,2-3,6,8,16H2,1H3. The highest BCUT2D eigenvalue weighted by Crippen LogP contribution is 2.19. The topological polar surface area (TPSA) is 52.3 Å². The third-order valence-electron chi connectivity index (χ3n) is 2.65. The second-order valence-electron chi connectivity index (χ2n) is 4.12. The van der Waals surface area contributed by atoms with Gasteiger partial charge in [-0.05, 0) is 36.6 Å². The van der Waals surface area contributed by atoms with E-state index in [2.05, 4.69) is 15.9 Å². The largest absolute Gasteiger partial charge is 0.385 e. The minimum Gasteiger partial charge on any atom is -0.385 e. The highest BCUT2D eigenvalue weighted by atomic mass is 79.9. The normalized spacial score (nSPS) is 12.4. The van der Waals surface area contributed by atoms with Crippen molar-refractivity contribution in [1.82, 2.24) is 0 Å². The number of ether oxygens (including phenoxy) is 1. The fourth-order valence-electron chi connectivity index (χ4n) is 1.61. The summed E-state index contributed by atoms with van der Waals surface area (Å²) in [7, 11) is 1.61. The Labute approximate surface area is 115 Å². The van der Waals surface area contributed by atoms with Gasteiger partial charge in [-0.3, -0.25) is 4.79 Å². The molecule has 0 amide bonds. The number of hydrogen-bond donors (Lipinski definition) is 1. The summed E-state index contributed by atoms with van der Waals surface area (Å²) in [6, 6.07) is 3.77. The van der Waals surface area contributed by atoms with E-state index in [1.54, 1.807) is 13.2 Å². The lowest BCUT2D eigenvalue weighted by molar-refractivity contribution is -0.119. The quantitative estimate of drug-likeness (QED) is 0.786. The van der Waals surface area contributed by atoms with E-state index < -0.39 is 6.04 Å². The van der Waals surface area contributed by atoms with E-state index in [0.29, 0.717) is 18.6 Å². The van der Waals surface area contributed by atoms with Gasteiger partial charge < -0.3 is 10.5 Å². The maximum atomic E-state index is 13.1. The molecule has 0 aliphatic rings. The number of rotatable bonds is 7. The monoisotopic (exact) mass is 317 g/mol. The molecule has 0 saturated carbocycles. The van der Waals surface area contributed by atoms with Gasteiger partial charge >= 0.3 is 0 Å². The lowest BCUT2D eigenvalue weighted by atomic mass is 10.0. The number of carbonyl (C=O) groups is 1. The second kappa shape index (κ2) is 7.61. The summed E-state index contributed by atoms with van der Waals surface area (Å²) in [5, 5.41) is 0. The highest BCUT2D eigenvalue weighted by molar-refractivity contribution is 9.10. The van der Waals surface area contributed by atoms with Crippen LogP contribution in [0.1, 0.15) is 18.4 Å². The molecule has 0 bridgehead atoms. The average molecular weight is 318 g/mol. The number of methoxy groups -OCH3 is 1. The van der Waals surface area contributed by atoms with Gasteiger partial charge in [0.1, 0.15) is 5.82 Å². The zero-order valence-electron chi connectivity index (χ0n) is 10.3. The fourth-order valence-corrected chi connectivity index (χ4v) is 1.99. The second-order valence-corrected chi connectivity index (χ2v) is 4.97. The molecular formula is C13H17BrFNO2. The lowest BCUT2D eigenvalue weighted by Crippen LogP contribution is -2.32. The predicted octanol–water partition coefficient (Wildman–Crippen LogP) is 2.45. The molecule has 0 aromatic heterocycles. The van der Waals surface area contributed by atoms with E-state index in [4.69, 9.17) is 10.5 Å². The van der Waals surface area contributed by atoms with E-state index in [-0.39, 0.29) is 18.0 Å². The highest BCUT2D eigenvalue weighted by Gasteiger charge is 2.15. The zero-order valence-corrected chi connectivity index (χ0v) is 11.9. The molecule has 0 fully saturated rings. The van der Waals surface area contributed by atoms with Crippen molar-refractivity contribution in [1.29, 1.82) is 0 Å². The van der Waals surface area contributed by atoms with E-state index in [1.807, 2.05) is 0 Å². The van der Waals surface area contributed by atoms with Gasteiger partial charge in [0.15, 0.2) is 5.78 Å². The first-order valence-electron chi connectivity index (χ1n) is 5.75. The molecule has 1 unspecified atom stereocenters. The molecule has 0 aliphatic carbocycles. The molecule has 5 heteroatoms. The summed E-state index contributed by atoms with van der Waals surface area (Å²) in [5.74, 6) is -0.439. The van der Waals surface area contributed by atoms with Crippen molar-refractivity contribution in [3.05, 3.63) is 34.1 Å². The van der Waals surface area contributed by atoms with E-state index in [9.17, 15) is 9.18 Å². The fraction of sp³-hybridized carbons (Fsp3) is 0.462. The van der Waals surface area contributed by atoms with Crippen LogP contribution in [-0.2, 0) is 16.0 Å². The van der Waals surface area contributed by atoms with Crippen molar-refractivity contribution >= 4 is 21.7 Å². The first-order valence-corrected chi connectivity index (χ1v) is 6.55. The maximum absolute atomic E-state index is 13.1. The van der Waals surface area contributed by atoms with Crippen molar-refractivity contribution in [2.45, 2.75) is 25.3 Å². The Morgan fingerprint density at radius 2 is 2.28 bits per heavy atom. The van der Waals surface area contributed by atoms with Crippen LogP contribution < -0.4 is 5.73 Å². The van der Waals surface area contributed by atoms with Gasteiger partial charge in [0.25, 0.3) is 0 Å². The van der Waals surface area contributed by atoms with Crippen molar-refractivity contribution in [3.8, 4) is 0 Å². The molecule has 18 heavy (non-hydrogen) atoms. The smallest absolute Gasteiger partial charge is 0.153 e. The molecule has 0 saturated heterocycles. The van der Waals surface area contributed by atoms with Crippen molar-refractivity contribution < 1.29 is 13.9 Å². The summed E-state index contributed by atoms with van der Waals surface area (Å²) >= 11 is 3.29. The molecule has 0 spiro atoms. The number of halogens is 2. The maximum Gasteiger partial charge on any atom is 0.153 e. The van der Waals surface area contributed by atoms with Crippen LogP contribution in [0.5, 0.6) is 0 Å². The SMILES string of the molecule is COCCCC(N)C(=O)Cc1cc(F)ccc1Br. The summed E-state index contributed by atoms with van der Waals surface area (Å²) in [5.41, 5.74) is 6.41. The molecule has 100 valence electrons. The first kappa shape index (κ1) is 15.3. The molecule has 1 aromatic rings. The van der Waals surface area contributed by atoms with Crippen LogP contribution in [0.3, 0.4) is 0 Å². The molecule has 0 aliphatic heterocycles. The van der Waals surface area contributed by atoms with Gasteiger partial charge in [-0.2, -0.15) is 0 Å². The molecule has 1 aromatic carbocycles. The van der Waals surface area contributed by atoms with Crippen molar-refractivity contribution in [3.63, 3.8) is 0 Å². The molecular weight excluding hydrogens is 301 g/mol. The third-order valence-corrected chi connectivity index (χ3v) is 3.42. The van der Waals surface area contributed by atoms with E-state index in [0.717, 1.165) is 10.9 Å². The van der Waals surface area contributed by atoms with Crippen LogP contribution in [0, 0.1) is 5.82 Å². The predicted molar refractivity (Wildman–Crippen MR) is 71.9 cm³/mol. The van der Waals surface area contributed by atoms with Gasteiger partial charge in [-0.25, -0.2) is 4.39 Å². The van der Waals surface area contributed by atoms with Gasteiger partial charge in [0.05, 0.1) is 6.04 Å². The van der Waals surface area contributed by atoms with Crippen molar-refractivity contribution in [2.75, 3.05) is 13.7 Å². The molecule has 3 nitrogen and oxygen atoms in total. The van der Waals surface area contributed by atoms with Crippen molar-refractivity contribution in [2.24, 2.45) is 5.73 Å². The number of carbonyl (C=O) groups excluding carboxylic acids is 1. The van der Waals surface area contributed by atoms with E-state index >= 15 is 0 Å². The number of ketones is 1. The third kappa shape index (κ3) is 4.84. The molecule has 2 N–H and O–H groups in total. The molecule has 0 radical (unpaired) electrons. The number of nitrogens with two attached hydrogens (primary N) is 1. The number of hydrogen-bond acceptors (Lipinski definition) is 3. The van der Waals surface area contributed by atoms with Crippen LogP contribution in [0.4, 0.5) is 4.39 Å². The Kier molecular flexibility index (Phi) is 6.46. The number of benzene rings is 1. The van der Waals surface area contributed by atoms with Crippen LogP contribution in [0.25, 0.3) is 0 Å². The molecule has 0 heterocycles. The van der Waals surface area contributed by atoms with Crippen LogP contribution >= 0.6 is 15.9 Å². The Hall–Kier alpha value is -0.780. The molecule has 1 atom stereocenters. The van der Waals surface area contributed by atoms with Gasteiger partial charge in [-0.15, -0.1) is 0 Å². The summed E-state index contributed by atoms with van der Waals surface area (Å²) in [4.78, 5) is 11.9. The minimum atomic E-state index is -0.518. The van der Waals surface area contributed by atoms with Crippen LogP contribution in [-0.4, -0.2) is 25.5 Å². The Morgan fingerprint density at radius 1 is 1.56 bits per heavy atom. The van der Waals surface area contributed by atoms with Gasteiger partial charge in [0.2, 0.25) is 0 Å². The van der Waals surface area contributed by atoms with Crippen LogP contribution in [0.2, 0.25) is 0 Å². The summed E-state index contributed by atoms with van der Waals surface area (Å²) in [6.07, 6.45) is 1.47. The average Bonchev–Trinajstić information content (AvgIpc) is 2.34. The van der Waals surface area contributed by atoms with Gasteiger partial charge in [-0.1, -0.05) is 15.9 Å². The van der Waals surface area contributed by atoms with Gasteiger partial charge in [0, 0.05) is 24.6 Å².